The minimum atomic E-state index is -0.159. The minimum absolute atomic E-state index is 0.0669. The van der Waals surface area contributed by atoms with Crippen molar-refractivity contribution in [1.29, 1.82) is 0 Å². The van der Waals surface area contributed by atoms with Gasteiger partial charge in [-0.25, -0.2) is 0 Å². The first kappa shape index (κ1) is 14.6. The molecule has 0 aromatic carbocycles. The van der Waals surface area contributed by atoms with E-state index in [9.17, 15) is 4.79 Å². The predicted molar refractivity (Wildman–Crippen MR) is 74.4 cm³/mol. The van der Waals surface area contributed by atoms with E-state index in [1.165, 1.54) is 6.26 Å². The lowest BCUT2D eigenvalue weighted by Gasteiger charge is -2.23. The average molecular weight is 297 g/mol. The zero-order valence-electron chi connectivity index (χ0n) is 11.9. The van der Waals surface area contributed by atoms with E-state index in [1.54, 1.807) is 22.7 Å². The number of halogens is 1. The van der Waals surface area contributed by atoms with Crippen LogP contribution in [0.25, 0.3) is 0 Å². The van der Waals surface area contributed by atoms with Crippen molar-refractivity contribution >= 4 is 17.5 Å². The summed E-state index contributed by atoms with van der Waals surface area (Å²) in [4.78, 5) is 13.9. The highest BCUT2D eigenvalue weighted by atomic mass is 35.5. The van der Waals surface area contributed by atoms with Crippen molar-refractivity contribution in [1.82, 2.24) is 19.8 Å². The molecule has 2 aromatic heterocycles. The second-order valence-electron chi connectivity index (χ2n) is 4.75. The van der Waals surface area contributed by atoms with Crippen LogP contribution in [0.3, 0.4) is 0 Å². The van der Waals surface area contributed by atoms with Crippen LogP contribution in [0.2, 0.25) is 5.02 Å². The van der Waals surface area contributed by atoms with Gasteiger partial charge in [0.25, 0.3) is 0 Å². The number of aromatic nitrogens is 3. The van der Waals surface area contributed by atoms with Crippen LogP contribution in [0.4, 0.5) is 0 Å². The SMILES string of the molecule is Cc1nn(CC(=O)N(C)[C@H](C)c2ccon2)c(C)c1Cl. The van der Waals surface area contributed by atoms with Gasteiger partial charge in [-0.2, -0.15) is 5.10 Å². The van der Waals surface area contributed by atoms with Gasteiger partial charge >= 0.3 is 0 Å². The van der Waals surface area contributed by atoms with Crippen LogP contribution < -0.4 is 0 Å². The highest BCUT2D eigenvalue weighted by molar-refractivity contribution is 6.31. The number of hydrogen-bond acceptors (Lipinski definition) is 4. The summed E-state index contributed by atoms with van der Waals surface area (Å²) < 4.78 is 6.42. The Bertz CT molecular complexity index is 606. The van der Waals surface area contributed by atoms with Gasteiger partial charge in [-0.3, -0.25) is 9.48 Å². The molecule has 0 saturated heterocycles. The molecule has 108 valence electrons. The molecule has 0 aliphatic heterocycles. The molecule has 2 aromatic rings. The Labute approximate surface area is 122 Å². The normalized spacial score (nSPS) is 12.4. The molecule has 2 heterocycles. The fourth-order valence-corrected chi connectivity index (χ4v) is 2.06. The number of amides is 1. The Hall–Kier alpha value is -1.82. The molecule has 0 fully saturated rings. The van der Waals surface area contributed by atoms with Gasteiger partial charge in [0.2, 0.25) is 5.91 Å². The second kappa shape index (κ2) is 5.66. The summed E-state index contributed by atoms with van der Waals surface area (Å²) in [5.74, 6) is -0.0669. The maximum absolute atomic E-state index is 12.3. The topological polar surface area (TPSA) is 64.2 Å². The van der Waals surface area contributed by atoms with Crippen molar-refractivity contribution in [3.05, 3.63) is 34.4 Å². The maximum Gasteiger partial charge on any atom is 0.244 e. The standard InChI is InChI=1S/C13H17ClN4O2/c1-8-13(14)10(3)18(15-8)7-12(19)17(4)9(2)11-5-6-20-16-11/h5-6,9H,7H2,1-4H3/t9-/m1/s1. The van der Waals surface area contributed by atoms with Crippen LogP contribution >= 0.6 is 11.6 Å². The predicted octanol–water partition coefficient (Wildman–Crippen LogP) is 2.36. The Balaban J connectivity index is 2.10. The summed E-state index contributed by atoms with van der Waals surface area (Å²) in [6, 6.07) is 1.59. The highest BCUT2D eigenvalue weighted by Gasteiger charge is 2.21. The van der Waals surface area contributed by atoms with Crippen molar-refractivity contribution in [2.45, 2.75) is 33.4 Å². The van der Waals surface area contributed by atoms with Crippen molar-refractivity contribution in [2.75, 3.05) is 7.05 Å². The van der Waals surface area contributed by atoms with E-state index in [4.69, 9.17) is 16.1 Å². The molecule has 2 rings (SSSR count). The molecule has 7 heteroatoms. The van der Waals surface area contributed by atoms with Gasteiger partial charge in [0.1, 0.15) is 18.5 Å². The number of likely N-dealkylation sites (N-methyl/N-ethyl adjacent to an activating group) is 1. The third-order valence-corrected chi connectivity index (χ3v) is 3.99. The first-order valence-corrected chi connectivity index (χ1v) is 6.65. The summed E-state index contributed by atoms with van der Waals surface area (Å²) in [7, 11) is 1.73. The average Bonchev–Trinajstić information content (AvgIpc) is 3.03. The zero-order chi connectivity index (χ0) is 14.9. The fourth-order valence-electron chi connectivity index (χ4n) is 1.92. The second-order valence-corrected chi connectivity index (χ2v) is 5.13. The summed E-state index contributed by atoms with van der Waals surface area (Å²) >= 11 is 6.07. The third kappa shape index (κ3) is 2.70. The molecule has 0 unspecified atom stereocenters. The van der Waals surface area contributed by atoms with Crippen LogP contribution in [0.1, 0.15) is 30.0 Å². The Morgan fingerprint density at radius 3 is 2.75 bits per heavy atom. The summed E-state index contributed by atoms with van der Waals surface area (Å²) in [6.45, 7) is 5.71. The van der Waals surface area contributed by atoms with Crippen molar-refractivity contribution < 1.29 is 9.32 Å². The molecule has 0 saturated carbocycles. The quantitative estimate of drug-likeness (QED) is 0.869. The largest absolute Gasteiger partial charge is 0.364 e. The van der Waals surface area contributed by atoms with E-state index in [-0.39, 0.29) is 18.5 Å². The van der Waals surface area contributed by atoms with E-state index < -0.39 is 0 Å². The van der Waals surface area contributed by atoms with E-state index in [0.29, 0.717) is 10.7 Å². The minimum Gasteiger partial charge on any atom is -0.364 e. The Kier molecular flexibility index (Phi) is 4.13. The Morgan fingerprint density at radius 2 is 2.25 bits per heavy atom. The lowest BCUT2D eigenvalue weighted by Crippen LogP contribution is -2.33. The molecule has 20 heavy (non-hydrogen) atoms. The number of aryl methyl sites for hydroxylation is 1. The molecule has 0 spiro atoms. The van der Waals surface area contributed by atoms with E-state index in [0.717, 1.165) is 11.4 Å². The fraction of sp³-hybridized carbons (Fsp3) is 0.462. The van der Waals surface area contributed by atoms with Crippen LogP contribution in [0.5, 0.6) is 0 Å². The molecule has 0 N–H and O–H groups in total. The van der Waals surface area contributed by atoms with Gasteiger partial charge in [0, 0.05) is 13.1 Å². The number of rotatable bonds is 4. The van der Waals surface area contributed by atoms with Crippen LogP contribution in [0.15, 0.2) is 16.9 Å². The first-order chi connectivity index (χ1) is 9.41. The Morgan fingerprint density at radius 1 is 1.55 bits per heavy atom. The van der Waals surface area contributed by atoms with Gasteiger partial charge in [-0.1, -0.05) is 16.8 Å². The molecule has 0 bridgehead atoms. The number of carbonyl (C=O) groups excluding carboxylic acids is 1. The molecule has 0 radical (unpaired) electrons. The molecular formula is C13H17ClN4O2. The first-order valence-electron chi connectivity index (χ1n) is 6.27. The monoisotopic (exact) mass is 296 g/mol. The zero-order valence-corrected chi connectivity index (χ0v) is 12.7. The molecule has 6 nitrogen and oxygen atoms in total. The molecule has 1 atom stereocenters. The van der Waals surface area contributed by atoms with Crippen LogP contribution in [0, 0.1) is 13.8 Å². The van der Waals surface area contributed by atoms with Crippen molar-refractivity contribution in [2.24, 2.45) is 0 Å². The molecule has 1 amide bonds. The smallest absolute Gasteiger partial charge is 0.244 e. The summed E-state index contributed by atoms with van der Waals surface area (Å²) in [5, 5.41) is 8.71. The van der Waals surface area contributed by atoms with Gasteiger partial charge in [-0.15, -0.1) is 0 Å². The van der Waals surface area contributed by atoms with Gasteiger partial charge in [0.15, 0.2) is 0 Å². The number of nitrogens with zero attached hydrogens (tertiary/aromatic N) is 4. The summed E-state index contributed by atoms with van der Waals surface area (Å²) in [6.07, 6.45) is 1.49. The number of hydrogen-bond donors (Lipinski definition) is 0. The molecular weight excluding hydrogens is 280 g/mol. The van der Waals surface area contributed by atoms with E-state index in [1.807, 2.05) is 20.8 Å². The third-order valence-electron chi connectivity index (χ3n) is 3.44. The van der Waals surface area contributed by atoms with Gasteiger partial charge < -0.3 is 9.42 Å². The lowest BCUT2D eigenvalue weighted by atomic mass is 10.2. The molecule has 0 aliphatic carbocycles. The lowest BCUT2D eigenvalue weighted by molar-refractivity contribution is -0.132. The maximum atomic E-state index is 12.3. The van der Waals surface area contributed by atoms with Crippen molar-refractivity contribution in [3.63, 3.8) is 0 Å². The van der Waals surface area contributed by atoms with Crippen LogP contribution in [-0.4, -0.2) is 32.8 Å². The highest BCUT2D eigenvalue weighted by Crippen LogP contribution is 2.20. The molecule has 0 aliphatic rings. The van der Waals surface area contributed by atoms with E-state index >= 15 is 0 Å². The van der Waals surface area contributed by atoms with Crippen LogP contribution in [-0.2, 0) is 11.3 Å². The van der Waals surface area contributed by atoms with E-state index in [2.05, 4.69) is 10.3 Å². The summed E-state index contributed by atoms with van der Waals surface area (Å²) in [5.41, 5.74) is 2.23. The van der Waals surface area contributed by atoms with Gasteiger partial charge in [-0.05, 0) is 20.8 Å². The van der Waals surface area contributed by atoms with Crippen molar-refractivity contribution in [3.8, 4) is 0 Å². The van der Waals surface area contributed by atoms with Gasteiger partial charge in [0.05, 0.1) is 22.5 Å². The number of carbonyl (C=O) groups is 1.